The molecule has 0 saturated carbocycles. The molecule has 2 amide bonds. The topological polar surface area (TPSA) is 82.0 Å². The van der Waals surface area contributed by atoms with E-state index in [0.717, 1.165) is 19.3 Å². The van der Waals surface area contributed by atoms with Gasteiger partial charge in [0.2, 0.25) is 5.91 Å². The number of hydrazone groups is 1. The number of carbonyl (C=O) groups is 2. The zero-order chi connectivity index (χ0) is 18.0. The molecule has 6 nitrogen and oxygen atoms in total. The zero-order valence-corrected chi connectivity index (χ0v) is 14.2. The van der Waals surface area contributed by atoms with Crippen molar-refractivity contribution in [1.29, 1.82) is 0 Å². The third-order valence-corrected chi connectivity index (χ3v) is 4.77. The van der Waals surface area contributed by atoms with Crippen LogP contribution in [0.5, 0.6) is 5.75 Å². The number of hydrogen-bond donors (Lipinski definition) is 2. The van der Waals surface area contributed by atoms with Crippen LogP contribution in [0.4, 0.5) is 4.39 Å². The normalized spacial score (nSPS) is 22.0. The van der Waals surface area contributed by atoms with Crippen molar-refractivity contribution in [2.24, 2.45) is 5.10 Å². The lowest BCUT2D eigenvalue weighted by atomic mass is 10.0. The number of halogens is 1. The van der Waals surface area contributed by atoms with Gasteiger partial charge in [-0.2, -0.15) is 5.10 Å². The summed E-state index contributed by atoms with van der Waals surface area (Å²) in [5, 5.41) is 14.1. The number of phenolic OH excluding ortho intramolecular Hbond substituents is 1. The smallest absolute Gasteiger partial charge is 0.259 e. The molecule has 1 heterocycles. The van der Waals surface area contributed by atoms with Gasteiger partial charge in [0.1, 0.15) is 18.1 Å². The fourth-order valence-corrected chi connectivity index (χ4v) is 3.51. The summed E-state index contributed by atoms with van der Waals surface area (Å²) in [7, 11) is 0. The number of carbonyl (C=O) groups excluding carboxylic acids is 2. The van der Waals surface area contributed by atoms with E-state index < -0.39 is 0 Å². The van der Waals surface area contributed by atoms with Crippen molar-refractivity contribution in [3.05, 3.63) is 29.1 Å². The van der Waals surface area contributed by atoms with Gasteiger partial charge in [0, 0.05) is 24.1 Å². The number of nitrogens with zero attached hydrogens (tertiary/aromatic N) is 2. The Hall–Kier alpha value is -2.44. The molecule has 0 aromatic heterocycles. The Morgan fingerprint density at radius 3 is 3.00 bits per heavy atom. The Morgan fingerprint density at radius 1 is 1.40 bits per heavy atom. The number of fused-ring (bicyclic) bond motifs is 1. The molecule has 1 atom stereocenters. The highest BCUT2D eigenvalue weighted by molar-refractivity contribution is 6.07. The van der Waals surface area contributed by atoms with E-state index >= 15 is 0 Å². The van der Waals surface area contributed by atoms with Crippen LogP contribution in [-0.4, -0.2) is 40.6 Å². The van der Waals surface area contributed by atoms with Crippen molar-refractivity contribution in [1.82, 2.24) is 10.3 Å². The molecule has 3 rings (SSSR count). The second-order valence-corrected chi connectivity index (χ2v) is 6.68. The number of hydrogen-bond acceptors (Lipinski definition) is 4. The molecule has 0 bridgehead atoms. The standard InChI is InChI=1S/C18H22FN3O3/c1-11-9-13(18-14(23)7-6-12(19)17(11)18)20-21-15(24)10-22-8-4-2-3-5-16(22)25/h6-7,11,23H,2-5,8-10H2,1H3,(H,21,24)/b20-13+/t11-/m0/s1. The van der Waals surface area contributed by atoms with Gasteiger partial charge in [-0.3, -0.25) is 9.59 Å². The SMILES string of the molecule is C[C@H]1C/C(=N\NC(=O)CN2CCCCCC2=O)c2c(O)ccc(F)c21. The maximum Gasteiger partial charge on any atom is 0.259 e. The minimum atomic E-state index is -0.389. The molecule has 134 valence electrons. The van der Waals surface area contributed by atoms with E-state index in [1.165, 1.54) is 12.1 Å². The van der Waals surface area contributed by atoms with Crippen molar-refractivity contribution in [3.63, 3.8) is 0 Å². The zero-order valence-electron chi connectivity index (χ0n) is 14.2. The van der Waals surface area contributed by atoms with Crippen LogP contribution in [0.15, 0.2) is 17.2 Å². The van der Waals surface area contributed by atoms with Gasteiger partial charge in [0.05, 0.1) is 5.71 Å². The van der Waals surface area contributed by atoms with Gasteiger partial charge in [-0.25, -0.2) is 9.82 Å². The number of likely N-dealkylation sites (tertiary alicyclic amines) is 1. The number of amides is 2. The molecule has 0 spiro atoms. The van der Waals surface area contributed by atoms with Gasteiger partial charge in [0.25, 0.3) is 5.91 Å². The van der Waals surface area contributed by atoms with Gasteiger partial charge < -0.3 is 10.0 Å². The molecule has 1 saturated heterocycles. The monoisotopic (exact) mass is 347 g/mol. The van der Waals surface area contributed by atoms with E-state index in [4.69, 9.17) is 0 Å². The molecule has 1 fully saturated rings. The molecular weight excluding hydrogens is 325 g/mol. The number of phenols is 1. The first kappa shape index (κ1) is 17.4. The summed E-state index contributed by atoms with van der Waals surface area (Å²) in [6.07, 6.45) is 3.66. The average Bonchev–Trinajstić information content (AvgIpc) is 2.79. The first-order valence-electron chi connectivity index (χ1n) is 8.62. The second-order valence-electron chi connectivity index (χ2n) is 6.68. The Kier molecular flexibility index (Phi) is 5.01. The fraction of sp³-hybridized carbons (Fsp3) is 0.500. The van der Waals surface area contributed by atoms with Crippen molar-refractivity contribution in [2.75, 3.05) is 13.1 Å². The second kappa shape index (κ2) is 7.21. The lowest BCUT2D eigenvalue weighted by Crippen LogP contribution is -2.39. The van der Waals surface area contributed by atoms with Crippen LogP contribution < -0.4 is 5.43 Å². The maximum atomic E-state index is 14.0. The summed E-state index contributed by atoms with van der Waals surface area (Å²) in [5.41, 5.74) is 3.68. The van der Waals surface area contributed by atoms with Crippen LogP contribution in [0.3, 0.4) is 0 Å². The molecule has 25 heavy (non-hydrogen) atoms. The van der Waals surface area contributed by atoms with Crippen molar-refractivity contribution in [2.45, 2.75) is 44.9 Å². The fourth-order valence-electron chi connectivity index (χ4n) is 3.51. The van der Waals surface area contributed by atoms with Crippen LogP contribution >= 0.6 is 0 Å². The first-order chi connectivity index (χ1) is 12.0. The highest BCUT2D eigenvalue weighted by atomic mass is 19.1. The predicted molar refractivity (Wildman–Crippen MR) is 90.8 cm³/mol. The summed E-state index contributed by atoms with van der Waals surface area (Å²) in [5.74, 6) is -0.951. The van der Waals surface area contributed by atoms with Crippen LogP contribution in [-0.2, 0) is 9.59 Å². The Morgan fingerprint density at radius 2 is 2.20 bits per heavy atom. The molecule has 1 aliphatic carbocycles. The largest absolute Gasteiger partial charge is 0.507 e. The van der Waals surface area contributed by atoms with Crippen LogP contribution in [0.2, 0.25) is 0 Å². The molecule has 0 radical (unpaired) electrons. The van der Waals surface area contributed by atoms with E-state index in [2.05, 4.69) is 10.5 Å². The summed E-state index contributed by atoms with van der Waals surface area (Å²) in [6, 6.07) is 2.52. The Bertz CT molecular complexity index is 733. The summed E-state index contributed by atoms with van der Waals surface area (Å²) >= 11 is 0. The predicted octanol–water partition coefficient (Wildman–Crippen LogP) is 2.26. The molecule has 2 N–H and O–H groups in total. The van der Waals surface area contributed by atoms with Crippen LogP contribution in [0, 0.1) is 5.82 Å². The molecule has 0 unspecified atom stereocenters. The molecule has 1 aromatic carbocycles. The summed E-state index contributed by atoms with van der Waals surface area (Å²) in [4.78, 5) is 25.6. The lowest BCUT2D eigenvalue weighted by Gasteiger charge is -2.19. The molecule has 1 aliphatic heterocycles. The van der Waals surface area contributed by atoms with Crippen molar-refractivity contribution < 1.29 is 19.1 Å². The minimum absolute atomic E-state index is 0.0140. The summed E-state index contributed by atoms with van der Waals surface area (Å²) < 4.78 is 14.0. The number of aromatic hydroxyl groups is 1. The van der Waals surface area contributed by atoms with Crippen LogP contribution in [0.1, 0.15) is 56.1 Å². The molecule has 2 aliphatic rings. The molecule has 1 aromatic rings. The average molecular weight is 347 g/mol. The van der Waals surface area contributed by atoms with E-state index in [0.29, 0.717) is 36.2 Å². The van der Waals surface area contributed by atoms with Gasteiger partial charge >= 0.3 is 0 Å². The number of rotatable bonds is 3. The highest BCUT2D eigenvalue weighted by Crippen LogP contribution is 2.39. The highest BCUT2D eigenvalue weighted by Gasteiger charge is 2.31. The van der Waals surface area contributed by atoms with Gasteiger partial charge in [0.15, 0.2) is 0 Å². The number of nitrogens with one attached hydrogen (secondary N) is 1. The lowest BCUT2D eigenvalue weighted by molar-refractivity contribution is -0.135. The van der Waals surface area contributed by atoms with Gasteiger partial charge in [-0.05, 0) is 37.3 Å². The molecule has 7 heteroatoms. The summed E-state index contributed by atoms with van der Waals surface area (Å²) in [6.45, 7) is 2.39. The van der Waals surface area contributed by atoms with Crippen LogP contribution in [0.25, 0.3) is 0 Å². The van der Waals surface area contributed by atoms with Gasteiger partial charge in [-0.15, -0.1) is 0 Å². The number of benzene rings is 1. The maximum absolute atomic E-state index is 14.0. The van der Waals surface area contributed by atoms with E-state index in [1.807, 2.05) is 6.92 Å². The van der Waals surface area contributed by atoms with Crippen molar-refractivity contribution in [3.8, 4) is 5.75 Å². The quantitative estimate of drug-likeness (QED) is 0.823. The molecular formula is C18H22FN3O3. The van der Waals surface area contributed by atoms with Gasteiger partial charge in [-0.1, -0.05) is 13.3 Å². The first-order valence-corrected chi connectivity index (χ1v) is 8.62. The Balaban J connectivity index is 1.70. The van der Waals surface area contributed by atoms with E-state index in [1.54, 1.807) is 4.90 Å². The third kappa shape index (κ3) is 3.65. The minimum Gasteiger partial charge on any atom is -0.507 e. The Labute approximate surface area is 145 Å². The van der Waals surface area contributed by atoms with E-state index in [-0.39, 0.29) is 35.8 Å². The van der Waals surface area contributed by atoms with E-state index in [9.17, 15) is 19.1 Å². The third-order valence-electron chi connectivity index (χ3n) is 4.77. The van der Waals surface area contributed by atoms with Crippen molar-refractivity contribution >= 4 is 17.5 Å².